The fraction of sp³-hybridized carbons (Fsp3) is 0.647. The molecule has 1 aliphatic rings. The van der Waals surface area contributed by atoms with Crippen LogP contribution in [0.4, 0.5) is 0 Å². The summed E-state index contributed by atoms with van der Waals surface area (Å²) in [5.74, 6) is 0.894. The highest BCUT2D eigenvalue weighted by Gasteiger charge is 2.21. The van der Waals surface area contributed by atoms with Crippen molar-refractivity contribution in [2.45, 2.75) is 57.8 Å². The van der Waals surface area contributed by atoms with E-state index in [2.05, 4.69) is 31.3 Å². The second-order valence-electron chi connectivity index (χ2n) is 5.87. The molecule has 2 rings (SSSR count). The molecule has 3 nitrogen and oxygen atoms in total. The first-order valence-corrected chi connectivity index (χ1v) is 7.72. The fourth-order valence-corrected chi connectivity index (χ4v) is 2.66. The molecule has 112 valence electrons. The zero-order valence-electron chi connectivity index (χ0n) is 12.9. The number of benzene rings is 1. The second-order valence-corrected chi connectivity index (χ2v) is 5.87. The van der Waals surface area contributed by atoms with Gasteiger partial charge in [0.2, 0.25) is 0 Å². The summed E-state index contributed by atoms with van der Waals surface area (Å²) in [7, 11) is 1.70. The summed E-state index contributed by atoms with van der Waals surface area (Å²) >= 11 is 0. The number of methoxy groups -OCH3 is 1. The van der Waals surface area contributed by atoms with E-state index in [-0.39, 0.29) is 6.10 Å². The number of ether oxygens (including phenoxy) is 2. The van der Waals surface area contributed by atoms with Crippen LogP contribution < -0.4 is 10.1 Å². The minimum absolute atomic E-state index is 0.131. The minimum Gasteiger partial charge on any atom is -0.497 e. The van der Waals surface area contributed by atoms with E-state index in [4.69, 9.17) is 9.47 Å². The third kappa shape index (κ3) is 4.50. The largest absolute Gasteiger partial charge is 0.497 e. The summed E-state index contributed by atoms with van der Waals surface area (Å²) in [5, 5.41) is 3.49. The van der Waals surface area contributed by atoms with Gasteiger partial charge in [-0.15, -0.1) is 0 Å². The third-order valence-corrected chi connectivity index (χ3v) is 3.86. The van der Waals surface area contributed by atoms with E-state index in [1.165, 1.54) is 31.2 Å². The first-order chi connectivity index (χ1) is 9.69. The summed E-state index contributed by atoms with van der Waals surface area (Å²) in [6, 6.07) is 8.72. The van der Waals surface area contributed by atoms with E-state index < -0.39 is 0 Å². The molecule has 1 saturated carbocycles. The molecule has 0 aromatic heterocycles. The molecule has 0 heterocycles. The van der Waals surface area contributed by atoms with Gasteiger partial charge >= 0.3 is 0 Å². The lowest BCUT2D eigenvalue weighted by Gasteiger charge is -2.24. The predicted molar refractivity (Wildman–Crippen MR) is 82.2 cm³/mol. The third-order valence-electron chi connectivity index (χ3n) is 3.86. The van der Waals surface area contributed by atoms with E-state index in [9.17, 15) is 0 Å². The highest BCUT2D eigenvalue weighted by atomic mass is 16.5. The molecule has 0 radical (unpaired) electrons. The van der Waals surface area contributed by atoms with Crippen LogP contribution in [0.3, 0.4) is 0 Å². The number of nitrogens with one attached hydrogen (secondary N) is 1. The van der Waals surface area contributed by atoms with Gasteiger partial charge in [0, 0.05) is 12.6 Å². The van der Waals surface area contributed by atoms with Crippen molar-refractivity contribution < 1.29 is 9.47 Å². The van der Waals surface area contributed by atoms with Crippen LogP contribution in [0, 0.1) is 0 Å². The number of hydrogen-bond acceptors (Lipinski definition) is 3. The maximum Gasteiger partial charge on any atom is 0.118 e. The topological polar surface area (TPSA) is 30.5 Å². The van der Waals surface area contributed by atoms with Crippen LogP contribution in [-0.4, -0.2) is 25.8 Å². The molecule has 0 spiro atoms. The smallest absolute Gasteiger partial charge is 0.118 e. The predicted octanol–water partition coefficient (Wildman–Crippen LogP) is 3.69. The lowest BCUT2D eigenvalue weighted by Crippen LogP contribution is -2.30. The van der Waals surface area contributed by atoms with Gasteiger partial charge in [-0.2, -0.15) is 0 Å². The molecule has 3 heteroatoms. The summed E-state index contributed by atoms with van der Waals surface area (Å²) in [4.78, 5) is 0. The maximum atomic E-state index is 6.32. The van der Waals surface area contributed by atoms with Gasteiger partial charge in [0.15, 0.2) is 0 Å². The van der Waals surface area contributed by atoms with E-state index in [1.54, 1.807) is 7.11 Å². The molecule has 1 unspecified atom stereocenters. The van der Waals surface area contributed by atoms with Crippen molar-refractivity contribution >= 4 is 0 Å². The first kappa shape index (κ1) is 15.3. The van der Waals surface area contributed by atoms with Crippen molar-refractivity contribution in [1.29, 1.82) is 0 Å². The Bertz CT molecular complexity index is 382. The Morgan fingerprint density at radius 2 is 1.80 bits per heavy atom. The van der Waals surface area contributed by atoms with Crippen LogP contribution in [0.2, 0.25) is 0 Å². The summed E-state index contributed by atoms with van der Waals surface area (Å²) in [6.07, 6.45) is 5.57. The molecule has 1 aliphatic carbocycles. The van der Waals surface area contributed by atoms with Gasteiger partial charge < -0.3 is 14.8 Å². The number of rotatable bonds is 7. The van der Waals surface area contributed by atoms with Gasteiger partial charge in [-0.3, -0.25) is 0 Å². The molecule has 1 atom stereocenters. The monoisotopic (exact) mass is 277 g/mol. The Hall–Kier alpha value is -1.06. The average molecular weight is 277 g/mol. The molecule has 20 heavy (non-hydrogen) atoms. The van der Waals surface area contributed by atoms with Crippen molar-refractivity contribution in [3.63, 3.8) is 0 Å². The van der Waals surface area contributed by atoms with Gasteiger partial charge in [-0.1, -0.05) is 38.8 Å². The highest BCUT2D eigenvalue weighted by Crippen LogP contribution is 2.28. The highest BCUT2D eigenvalue weighted by molar-refractivity contribution is 5.28. The zero-order chi connectivity index (χ0) is 14.4. The molecule has 0 bridgehead atoms. The van der Waals surface area contributed by atoms with Crippen LogP contribution in [0.15, 0.2) is 24.3 Å². The Labute approximate surface area is 122 Å². The van der Waals surface area contributed by atoms with Crippen molar-refractivity contribution in [1.82, 2.24) is 5.32 Å². The standard InChI is InChI=1S/C17H27NO2/c1-13(2)18-12-17(20-16-6-4-5-7-16)14-8-10-15(19-3)11-9-14/h8-11,13,16-18H,4-7,12H2,1-3H3. The number of hydrogen-bond donors (Lipinski definition) is 1. The molecule has 0 amide bonds. The molecule has 0 saturated heterocycles. The minimum atomic E-state index is 0.131. The fourth-order valence-electron chi connectivity index (χ4n) is 2.66. The molecule has 1 aromatic rings. The summed E-state index contributed by atoms with van der Waals surface area (Å²) < 4.78 is 11.5. The Balaban J connectivity index is 2.02. The molecule has 1 N–H and O–H groups in total. The maximum absolute atomic E-state index is 6.32. The van der Waals surface area contributed by atoms with Crippen molar-refractivity contribution in [3.8, 4) is 5.75 Å². The Morgan fingerprint density at radius 3 is 2.35 bits per heavy atom. The van der Waals surface area contributed by atoms with Crippen LogP contribution in [0.25, 0.3) is 0 Å². The van der Waals surface area contributed by atoms with Gasteiger partial charge in [-0.05, 0) is 30.5 Å². The van der Waals surface area contributed by atoms with E-state index >= 15 is 0 Å². The van der Waals surface area contributed by atoms with Gasteiger partial charge in [0.1, 0.15) is 5.75 Å². The summed E-state index contributed by atoms with van der Waals surface area (Å²) in [6.45, 7) is 5.20. The molecule has 0 aliphatic heterocycles. The van der Waals surface area contributed by atoms with Gasteiger partial charge in [0.05, 0.1) is 19.3 Å². The SMILES string of the molecule is COc1ccc(C(CNC(C)C)OC2CCCC2)cc1. The molecule has 1 aromatic carbocycles. The Kier molecular flexibility index (Phi) is 5.86. The average Bonchev–Trinajstić information content (AvgIpc) is 2.96. The lowest BCUT2D eigenvalue weighted by molar-refractivity contribution is -0.00959. The second kappa shape index (κ2) is 7.65. The van der Waals surface area contributed by atoms with Crippen LogP contribution in [0.5, 0.6) is 5.75 Å². The van der Waals surface area contributed by atoms with Crippen LogP contribution in [-0.2, 0) is 4.74 Å². The molecular weight excluding hydrogens is 250 g/mol. The Morgan fingerprint density at radius 1 is 1.15 bits per heavy atom. The van der Waals surface area contributed by atoms with Crippen molar-refractivity contribution in [2.24, 2.45) is 0 Å². The normalized spacial score (nSPS) is 17.6. The zero-order valence-corrected chi connectivity index (χ0v) is 12.9. The van der Waals surface area contributed by atoms with Crippen molar-refractivity contribution in [3.05, 3.63) is 29.8 Å². The summed E-state index contributed by atoms with van der Waals surface area (Å²) in [5.41, 5.74) is 1.23. The lowest BCUT2D eigenvalue weighted by atomic mass is 10.1. The first-order valence-electron chi connectivity index (χ1n) is 7.72. The van der Waals surface area contributed by atoms with Gasteiger partial charge in [-0.25, -0.2) is 0 Å². The van der Waals surface area contributed by atoms with Crippen LogP contribution >= 0.6 is 0 Å². The van der Waals surface area contributed by atoms with Crippen LogP contribution in [0.1, 0.15) is 51.2 Å². The van der Waals surface area contributed by atoms with Crippen molar-refractivity contribution in [2.75, 3.05) is 13.7 Å². The van der Waals surface area contributed by atoms with E-state index in [0.29, 0.717) is 12.1 Å². The molecule has 1 fully saturated rings. The van der Waals surface area contributed by atoms with Gasteiger partial charge in [0.25, 0.3) is 0 Å². The molecular formula is C17H27NO2. The van der Waals surface area contributed by atoms with E-state index in [1.807, 2.05) is 12.1 Å². The quantitative estimate of drug-likeness (QED) is 0.824. The van der Waals surface area contributed by atoms with E-state index in [0.717, 1.165) is 12.3 Å².